The van der Waals surface area contributed by atoms with Crippen LogP contribution in [0.15, 0.2) is 35.0 Å². The molecule has 3 aromatic rings. The zero-order valence-corrected chi connectivity index (χ0v) is 11.5. The SMILES string of the molecule is Nc1ccc(Oc2ccc3c(c2)CCCC3)c2nonc12. The molecule has 5 heteroatoms. The number of fused-ring (bicyclic) bond motifs is 2. The van der Waals surface area contributed by atoms with Crippen LogP contribution in [0.3, 0.4) is 0 Å². The number of anilines is 1. The Morgan fingerprint density at radius 3 is 2.67 bits per heavy atom. The first kappa shape index (κ1) is 12.2. The number of hydrogen-bond donors (Lipinski definition) is 1. The van der Waals surface area contributed by atoms with Gasteiger partial charge in [-0.05, 0) is 71.4 Å². The van der Waals surface area contributed by atoms with Crippen molar-refractivity contribution in [3.8, 4) is 11.5 Å². The number of nitrogens with two attached hydrogens (primary N) is 1. The van der Waals surface area contributed by atoms with Crippen LogP contribution in [0.4, 0.5) is 5.69 Å². The number of nitrogens with zero attached hydrogens (tertiary/aromatic N) is 2. The number of hydrogen-bond acceptors (Lipinski definition) is 5. The summed E-state index contributed by atoms with van der Waals surface area (Å²) in [5, 5.41) is 7.67. The Balaban J connectivity index is 1.71. The second kappa shape index (κ2) is 4.77. The molecule has 0 unspecified atom stereocenters. The molecule has 0 amide bonds. The summed E-state index contributed by atoms with van der Waals surface area (Å²) in [6.07, 6.45) is 4.80. The fourth-order valence-electron chi connectivity index (χ4n) is 2.85. The standard InChI is InChI=1S/C16H15N3O2/c17-13-7-8-14(16-15(13)18-21-19-16)20-12-6-5-10-3-1-2-4-11(10)9-12/h5-9H,1-4,17H2. The molecule has 0 saturated heterocycles. The van der Waals surface area contributed by atoms with E-state index in [1.165, 1.54) is 24.0 Å². The first-order chi connectivity index (χ1) is 10.3. The zero-order chi connectivity index (χ0) is 14.2. The van der Waals surface area contributed by atoms with Gasteiger partial charge in [-0.2, -0.15) is 0 Å². The van der Waals surface area contributed by atoms with Gasteiger partial charge in [-0.25, -0.2) is 4.63 Å². The lowest BCUT2D eigenvalue weighted by Gasteiger charge is -2.16. The first-order valence-electron chi connectivity index (χ1n) is 7.12. The Morgan fingerprint density at radius 2 is 1.76 bits per heavy atom. The fourth-order valence-corrected chi connectivity index (χ4v) is 2.85. The van der Waals surface area contributed by atoms with Crippen LogP contribution in [-0.4, -0.2) is 10.3 Å². The molecule has 1 aromatic heterocycles. The van der Waals surface area contributed by atoms with Gasteiger partial charge < -0.3 is 10.5 Å². The molecular formula is C16H15N3O2. The molecule has 2 aromatic carbocycles. The molecular weight excluding hydrogens is 266 g/mol. The average molecular weight is 281 g/mol. The smallest absolute Gasteiger partial charge is 0.179 e. The lowest BCUT2D eigenvalue weighted by molar-refractivity contribution is 0.314. The van der Waals surface area contributed by atoms with Crippen LogP contribution in [0.1, 0.15) is 24.0 Å². The van der Waals surface area contributed by atoms with Crippen molar-refractivity contribution in [2.45, 2.75) is 25.7 Å². The first-order valence-corrected chi connectivity index (χ1v) is 7.12. The number of ether oxygens (including phenoxy) is 1. The molecule has 5 nitrogen and oxygen atoms in total. The lowest BCUT2D eigenvalue weighted by atomic mass is 9.92. The summed E-state index contributed by atoms with van der Waals surface area (Å²) >= 11 is 0. The highest BCUT2D eigenvalue weighted by Gasteiger charge is 2.14. The highest BCUT2D eigenvalue weighted by atomic mass is 16.6. The molecule has 1 aliphatic rings. The fraction of sp³-hybridized carbons (Fsp3) is 0.250. The van der Waals surface area contributed by atoms with Crippen molar-refractivity contribution >= 4 is 16.7 Å². The van der Waals surface area contributed by atoms with Crippen LogP contribution >= 0.6 is 0 Å². The summed E-state index contributed by atoms with van der Waals surface area (Å²) in [7, 11) is 0. The van der Waals surface area contributed by atoms with Gasteiger partial charge in [-0.15, -0.1) is 0 Å². The predicted molar refractivity (Wildman–Crippen MR) is 79.4 cm³/mol. The summed E-state index contributed by atoms with van der Waals surface area (Å²) in [5.74, 6) is 1.42. The van der Waals surface area contributed by atoms with E-state index in [1.807, 2.05) is 6.07 Å². The normalized spacial score (nSPS) is 14.1. The van der Waals surface area contributed by atoms with E-state index in [9.17, 15) is 0 Å². The molecule has 106 valence electrons. The summed E-state index contributed by atoms with van der Waals surface area (Å²) < 4.78 is 10.7. The van der Waals surface area contributed by atoms with Crippen molar-refractivity contribution in [2.75, 3.05) is 5.73 Å². The average Bonchev–Trinajstić information content (AvgIpc) is 3.01. The molecule has 0 atom stereocenters. The van der Waals surface area contributed by atoms with Crippen molar-refractivity contribution in [1.82, 2.24) is 10.3 Å². The topological polar surface area (TPSA) is 74.2 Å². The summed E-state index contributed by atoms with van der Waals surface area (Å²) in [6, 6.07) is 9.81. The van der Waals surface area contributed by atoms with Gasteiger partial charge in [0.2, 0.25) is 0 Å². The maximum absolute atomic E-state index is 5.95. The zero-order valence-electron chi connectivity index (χ0n) is 11.5. The van der Waals surface area contributed by atoms with Crippen LogP contribution in [0.25, 0.3) is 11.0 Å². The van der Waals surface area contributed by atoms with Crippen molar-refractivity contribution in [1.29, 1.82) is 0 Å². The summed E-state index contributed by atoms with van der Waals surface area (Å²) in [4.78, 5) is 0. The van der Waals surface area contributed by atoms with E-state index >= 15 is 0 Å². The highest BCUT2D eigenvalue weighted by Crippen LogP contribution is 2.33. The quantitative estimate of drug-likeness (QED) is 0.728. The molecule has 2 N–H and O–H groups in total. The summed E-state index contributed by atoms with van der Waals surface area (Å²) in [5.41, 5.74) is 10.3. The number of aryl methyl sites for hydroxylation is 2. The van der Waals surface area contributed by atoms with Gasteiger partial charge in [0.25, 0.3) is 0 Å². The minimum atomic E-state index is 0.532. The van der Waals surface area contributed by atoms with E-state index in [0.717, 1.165) is 18.6 Å². The molecule has 0 fully saturated rings. The van der Waals surface area contributed by atoms with Crippen LogP contribution in [0.5, 0.6) is 11.5 Å². The third-order valence-electron chi connectivity index (χ3n) is 3.96. The van der Waals surface area contributed by atoms with E-state index in [4.69, 9.17) is 15.1 Å². The van der Waals surface area contributed by atoms with E-state index in [2.05, 4.69) is 22.4 Å². The second-order valence-corrected chi connectivity index (χ2v) is 5.35. The largest absolute Gasteiger partial charge is 0.455 e. The molecule has 0 spiro atoms. The molecule has 1 aliphatic carbocycles. The molecule has 0 radical (unpaired) electrons. The minimum absolute atomic E-state index is 0.532. The Hall–Kier alpha value is -2.56. The van der Waals surface area contributed by atoms with Gasteiger partial charge in [-0.1, -0.05) is 6.07 Å². The van der Waals surface area contributed by atoms with E-state index in [0.29, 0.717) is 22.5 Å². The van der Waals surface area contributed by atoms with Crippen LogP contribution in [-0.2, 0) is 12.8 Å². The predicted octanol–water partition coefficient (Wildman–Crippen LogP) is 3.48. The van der Waals surface area contributed by atoms with Crippen molar-refractivity contribution in [3.63, 3.8) is 0 Å². The molecule has 4 rings (SSSR count). The van der Waals surface area contributed by atoms with E-state index < -0.39 is 0 Å². The van der Waals surface area contributed by atoms with Gasteiger partial charge in [0.1, 0.15) is 5.75 Å². The van der Waals surface area contributed by atoms with E-state index in [1.54, 1.807) is 12.1 Å². The van der Waals surface area contributed by atoms with Crippen LogP contribution < -0.4 is 10.5 Å². The lowest BCUT2D eigenvalue weighted by Crippen LogP contribution is -2.02. The highest BCUT2D eigenvalue weighted by molar-refractivity contribution is 5.90. The monoisotopic (exact) mass is 281 g/mol. The van der Waals surface area contributed by atoms with Crippen molar-refractivity contribution < 1.29 is 9.37 Å². The van der Waals surface area contributed by atoms with Gasteiger partial charge in [0.05, 0.1) is 5.69 Å². The maximum atomic E-state index is 5.95. The summed E-state index contributed by atoms with van der Waals surface area (Å²) in [6.45, 7) is 0. The number of rotatable bonds is 2. The van der Waals surface area contributed by atoms with E-state index in [-0.39, 0.29) is 0 Å². The molecule has 0 saturated carbocycles. The Bertz CT molecular complexity index is 810. The van der Waals surface area contributed by atoms with Gasteiger partial charge in [0, 0.05) is 0 Å². The molecule has 0 bridgehead atoms. The Morgan fingerprint density at radius 1 is 0.952 bits per heavy atom. The number of aromatic nitrogens is 2. The third-order valence-corrected chi connectivity index (χ3v) is 3.96. The van der Waals surface area contributed by atoms with Gasteiger partial charge in [0.15, 0.2) is 16.8 Å². The maximum Gasteiger partial charge on any atom is 0.179 e. The minimum Gasteiger partial charge on any atom is -0.455 e. The molecule has 1 heterocycles. The second-order valence-electron chi connectivity index (χ2n) is 5.35. The molecule has 21 heavy (non-hydrogen) atoms. The number of nitrogen functional groups attached to an aromatic ring is 1. The van der Waals surface area contributed by atoms with Crippen LogP contribution in [0.2, 0.25) is 0 Å². The number of benzene rings is 2. The Kier molecular flexibility index (Phi) is 2.77. The van der Waals surface area contributed by atoms with Gasteiger partial charge in [-0.3, -0.25) is 0 Å². The van der Waals surface area contributed by atoms with Crippen LogP contribution in [0, 0.1) is 0 Å². The molecule has 0 aliphatic heterocycles. The third kappa shape index (κ3) is 2.11. The van der Waals surface area contributed by atoms with Crippen molar-refractivity contribution in [2.24, 2.45) is 0 Å². The van der Waals surface area contributed by atoms with Crippen molar-refractivity contribution in [3.05, 3.63) is 41.5 Å². The Labute approximate surface area is 121 Å². The van der Waals surface area contributed by atoms with Gasteiger partial charge >= 0.3 is 0 Å².